The summed E-state index contributed by atoms with van der Waals surface area (Å²) in [6.07, 6.45) is 3.13. The van der Waals surface area contributed by atoms with Gasteiger partial charge in [0.05, 0.1) is 11.9 Å². The molecule has 1 amide bonds. The Balaban J connectivity index is 3.04. The fourth-order valence-corrected chi connectivity index (χ4v) is 0.999. The molecule has 0 aromatic heterocycles. The summed E-state index contributed by atoms with van der Waals surface area (Å²) in [4.78, 5) is 10.1. The average molecular weight is 248 g/mol. The molecule has 74 valence electrons. The van der Waals surface area contributed by atoms with Gasteiger partial charge in [-0.2, -0.15) is 0 Å². The van der Waals surface area contributed by atoms with Crippen molar-refractivity contribution in [2.75, 3.05) is 11.9 Å². The van der Waals surface area contributed by atoms with Gasteiger partial charge in [0.2, 0.25) is 0 Å². The first-order valence-electron chi connectivity index (χ1n) is 4.21. The summed E-state index contributed by atoms with van der Waals surface area (Å²) in [5, 5.41) is 0.734. The Morgan fingerprint density at radius 1 is 1.31 bits per heavy atom. The van der Waals surface area contributed by atoms with E-state index < -0.39 is 6.09 Å². The zero-order valence-corrected chi connectivity index (χ0v) is 9.10. The van der Waals surface area contributed by atoms with Crippen LogP contribution in [0.2, 0.25) is 0 Å². The number of unbranched alkanes of at least 4 members (excludes halogenated alkanes) is 3. The number of hydrogen-bond donors (Lipinski definition) is 1. The minimum absolute atomic E-state index is 0.418. The molecule has 0 aromatic rings. The molecule has 0 radical (unpaired) electrons. The molecule has 13 heavy (non-hydrogen) atoms. The monoisotopic (exact) mass is 247 g/mol. The molecule has 0 atom stereocenters. The van der Waals surface area contributed by atoms with Crippen LogP contribution < -0.4 is 5.73 Å². The maximum Gasteiger partial charge on any atom is 0.404 e. The number of halogens is 1. The molecule has 4 heteroatoms. The van der Waals surface area contributed by atoms with Gasteiger partial charge in [0.15, 0.2) is 0 Å². The summed E-state index contributed by atoms with van der Waals surface area (Å²) in [6.45, 7) is 0.418. The normalized spacial score (nSPS) is 8.69. The van der Waals surface area contributed by atoms with Crippen LogP contribution in [0.25, 0.3) is 0 Å². The molecule has 0 aromatic carbocycles. The maximum absolute atomic E-state index is 10.1. The van der Waals surface area contributed by atoms with E-state index in [1.807, 2.05) is 0 Å². The van der Waals surface area contributed by atoms with E-state index in [0.29, 0.717) is 6.61 Å². The van der Waals surface area contributed by atoms with Gasteiger partial charge in [0.1, 0.15) is 0 Å². The lowest BCUT2D eigenvalue weighted by atomic mass is 10.2. The summed E-state index contributed by atoms with van der Waals surface area (Å²) < 4.78 is 4.56. The van der Waals surface area contributed by atoms with Crippen LogP contribution in [0, 0.1) is 11.8 Å². The lowest BCUT2D eigenvalue weighted by Crippen LogP contribution is -2.13. The number of nitrogens with two attached hydrogens (primary N) is 1. The topological polar surface area (TPSA) is 52.3 Å². The highest BCUT2D eigenvalue weighted by Crippen LogP contribution is 1.98. The predicted molar refractivity (Wildman–Crippen MR) is 55.6 cm³/mol. The van der Waals surface area contributed by atoms with Crippen molar-refractivity contribution >= 4 is 22.0 Å². The minimum atomic E-state index is -0.695. The number of rotatable bonds is 5. The Hall–Kier alpha value is -0.690. The molecular formula is C9H14BrNO2. The molecule has 0 aliphatic heterocycles. The fraction of sp³-hybridized carbons (Fsp3) is 0.667. The van der Waals surface area contributed by atoms with E-state index in [1.54, 1.807) is 0 Å². The average Bonchev–Trinajstić information content (AvgIpc) is 2.09. The van der Waals surface area contributed by atoms with E-state index in [4.69, 9.17) is 5.73 Å². The zero-order chi connectivity index (χ0) is 9.94. The van der Waals surface area contributed by atoms with Crippen LogP contribution >= 0.6 is 15.9 Å². The van der Waals surface area contributed by atoms with Crippen LogP contribution in [0.3, 0.4) is 0 Å². The van der Waals surface area contributed by atoms with E-state index in [-0.39, 0.29) is 0 Å². The first-order valence-corrected chi connectivity index (χ1v) is 5.33. The Morgan fingerprint density at radius 3 is 2.69 bits per heavy atom. The summed E-state index contributed by atoms with van der Waals surface area (Å²) in [6, 6.07) is 0. The highest BCUT2D eigenvalue weighted by atomic mass is 79.9. The number of alkyl halides is 1. The molecule has 0 unspecified atom stereocenters. The van der Waals surface area contributed by atoms with Gasteiger partial charge < -0.3 is 10.5 Å². The van der Waals surface area contributed by atoms with Gasteiger partial charge in [0.25, 0.3) is 0 Å². The van der Waals surface area contributed by atoms with Gasteiger partial charge in [-0.3, -0.25) is 0 Å². The van der Waals surface area contributed by atoms with Crippen molar-refractivity contribution < 1.29 is 9.53 Å². The number of primary amides is 1. The second kappa shape index (κ2) is 9.40. The molecule has 0 rings (SSSR count). The Morgan fingerprint density at radius 2 is 2.08 bits per heavy atom. The molecule has 0 heterocycles. The van der Waals surface area contributed by atoms with Crippen LogP contribution in [0.15, 0.2) is 0 Å². The lowest BCUT2D eigenvalue weighted by Gasteiger charge is -1.99. The van der Waals surface area contributed by atoms with Crippen molar-refractivity contribution in [3.05, 3.63) is 0 Å². The molecule has 2 N–H and O–H groups in total. The van der Waals surface area contributed by atoms with Gasteiger partial charge in [-0.15, -0.1) is 5.92 Å². The van der Waals surface area contributed by atoms with Gasteiger partial charge in [0, 0.05) is 6.42 Å². The summed E-state index contributed by atoms with van der Waals surface area (Å²) in [5.41, 5.74) is 4.78. The third kappa shape index (κ3) is 11.3. The minimum Gasteiger partial charge on any atom is -0.450 e. The summed E-state index contributed by atoms with van der Waals surface area (Å²) in [7, 11) is 0. The second-order valence-electron chi connectivity index (χ2n) is 2.47. The Bertz CT molecular complexity index is 196. The smallest absolute Gasteiger partial charge is 0.404 e. The van der Waals surface area contributed by atoms with Crippen molar-refractivity contribution in [1.29, 1.82) is 0 Å². The maximum atomic E-state index is 10.1. The van der Waals surface area contributed by atoms with Crippen molar-refractivity contribution in [3.63, 3.8) is 0 Å². The number of amides is 1. The molecule has 0 aliphatic rings. The van der Waals surface area contributed by atoms with Crippen LogP contribution in [0.5, 0.6) is 0 Å². The molecule has 0 saturated carbocycles. The molecule has 0 fully saturated rings. The second-order valence-corrected chi connectivity index (χ2v) is 3.03. The van der Waals surface area contributed by atoms with Crippen molar-refractivity contribution in [3.8, 4) is 11.8 Å². The summed E-state index contributed by atoms with van der Waals surface area (Å²) in [5.74, 6) is 5.92. The number of hydrogen-bond acceptors (Lipinski definition) is 2. The first kappa shape index (κ1) is 12.3. The molecule has 3 nitrogen and oxygen atoms in total. The standard InChI is InChI=1S/C9H14BrNO2/c10-7-5-3-1-2-4-6-8-13-9(11)12/h1-2,4,6-8H2,(H2,11,12). The van der Waals surface area contributed by atoms with Crippen LogP contribution in [-0.2, 0) is 4.74 Å². The SMILES string of the molecule is NC(=O)OCCCCCC#CCBr. The molecule has 0 spiro atoms. The van der Waals surface area contributed by atoms with Crippen LogP contribution in [0.4, 0.5) is 4.79 Å². The van der Waals surface area contributed by atoms with Crippen molar-refractivity contribution in [2.45, 2.75) is 25.7 Å². The highest BCUT2D eigenvalue weighted by molar-refractivity contribution is 9.09. The predicted octanol–water partition coefficient (Wildman–Crippen LogP) is 2.04. The highest BCUT2D eigenvalue weighted by Gasteiger charge is 1.92. The van der Waals surface area contributed by atoms with Crippen molar-refractivity contribution in [2.24, 2.45) is 5.73 Å². The lowest BCUT2D eigenvalue weighted by molar-refractivity contribution is 0.154. The van der Waals surface area contributed by atoms with Crippen molar-refractivity contribution in [1.82, 2.24) is 0 Å². The molecule has 0 bridgehead atoms. The zero-order valence-electron chi connectivity index (χ0n) is 7.51. The van der Waals surface area contributed by atoms with E-state index >= 15 is 0 Å². The first-order chi connectivity index (χ1) is 6.27. The van der Waals surface area contributed by atoms with Gasteiger partial charge in [-0.05, 0) is 19.3 Å². The van der Waals surface area contributed by atoms with E-state index in [1.165, 1.54) is 0 Å². The summed E-state index contributed by atoms with van der Waals surface area (Å²) >= 11 is 3.21. The molecule has 0 saturated heterocycles. The number of ether oxygens (including phenoxy) is 1. The third-order valence-electron chi connectivity index (χ3n) is 1.38. The Kier molecular flexibility index (Phi) is 8.90. The van der Waals surface area contributed by atoms with Gasteiger partial charge in [-0.1, -0.05) is 21.9 Å². The van der Waals surface area contributed by atoms with E-state index in [9.17, 15) is 4.79 Å². The third-order valence-corrected chi connectivity index (χ3v) is 1.66. The number of carbonyl (C=O) groups is 1. The van der Waals surface area contributed by atoms with Crippen LogP contribution in [-0.4, -0.2) is 18.0 Å². The van der Waals surface area contributed by atoms with Gasteiger partial charge >= 0.3 is 6.09 Å². The number of carbonyl (C=O) groups excluding carboxylic acids is 1. The quantitative estimate of drug-likeness (QED) is 0.460. The molecular weight excluding hydrogens is 234 g/mol. The Labute approximate surface area is 87.1 Å². The van der Waals surface area contributed by atoms with E-state index in [2.05, 4.69) is 32.5 Å². The van der Waals surface area contributed by atoms with Gasteiger partial charge in [-0.25, -0.2) is 4.79 Å². The largest absolute Gasteiger partial charge is 0.450 e. The molecule has 0 aliphatic carbocycles. The fourth-order valence-electron chi connectivity index (χ4n) is 0.801. The van der Waals surface area contributed by atoms with E-state index in [0.717, 1.165) is 31.0 Å². The van der Waals surface area contributed by atoms with Crippen LogP contribution in [0.1, 0.15) is 25.7 Å².